The number of rotatable bonds is 18. The van der Waals surface area contributed by atoms with E-state index < -0.39 is 5.72 Å². The van der Waals surface area contributed by atoms with Crippen LogP contribution in [0.3, 0.4) is 0 Å². The molecule has 0 spiro atoms. The minimum atomic E-state index is -1.21. The summed E-state index contributed by atoms with van der Waals surface area (Å²) in [5, 5.41) is 1.05. The zero-order chi connectivity index (χ0) is 34.1. The number of benzene rings is 4. The first-order valence-corrected chi connectivity index (χ1v) is 19.0. The van der Waals surface area contributed by atoms with Gasteiger partial charge in [0.25, 0.3) is 0 Å². The molecule has 5 aromatic rings. The number of aromatic nitrogens is 1. The first-order valence-electron chi connectivity index (χ1n) is 19.0. The van der Waals surface area contributed by atoms with Crippen molar-refractivity contribution in [3.63, 3.8) is 0 Å². The Balaban J connectivity index is 1.41. The van der Waals surface area contributed by atoms with Crippen LogP contribution in [-0.2, 0) is 23.3 Å². The number of nitrogens with one attached hydrogen (secondary N) is 1. The monoisotopic (exact) mass is 654 g/mol. The molecule has 0 amide bonds. The lowest BCUT2D eigenvalue weighted by Crippen LogP contribution is -2.45. The highest BCUT2D eigenvalue weighted by Crippen LogP contribution is 2.52. The fourth-order valence-electron chi connectivity index (χ4n) is 7.73. The predicted molar refractivity (Wildman–Crippen MR) is 205 cm³/mol. The summed E-state index contributed by atoms with van der Waals surface area (Å²) >= 11 is 0. The number of ether oxygens (including phenoxy) is 1. The zero-order valence-electron chi connectivity index (χ0n) is 29.9. The van der Waals surface area contributed by atoms with Crippen molar-refractivity contribution < 1.29 is 9.53 Å². The Morgan fingerprint density at radius 3 is 1.71 bits per heavy atom. The van der Waals surface area contributed by atoms with E-state index in [1.807, 2.05) is 24.3 Å². The van der Waals surface area contributed by atoms with Gasteiger partial charge in [-0.3, -0.25) is 4.90 Å². The molecule has 49 heavy (non-hydrogen) atoms. The SMILES string of the molecule is CCCCCCCCc1ccc(N(c2ccc(CCCCCCCC)cc2)C2(c3c(C)[nH]c4ccccc34)OC(=O)c3ccccc32)cc1. The molecular formula is C45H54N2O2. The number of carbonyl (C=O) groups is 1. The fraction of sp³-hybridized carbons (Fsp3) is 0.400. The van der Waals surface area contributed by atoms with Crippen LogP contribution in [0.4, 0.5) is 11.4 Å². The van der Waals surface area contributed by atoms with Crippen molar-refractivity contribution in [2.75, 3.05) is 4.90 Å². The molecule has 1 atom stereocenters. The van der Waals surface area contributed by atoms with Crippen LogP contribution in [0, 0.1) is 6.92 Å². The van der Waals surface area contributed by atoms with Gasteiger partial charge in [0.2, 0.25) is 5.72 Å². The lowest BCUT2D eigenvalue weighted by Gasteiger charge is -2.42. The minimum Gasteiger partial charge on any atom is -0.426 e. The predicted octanol–water partition coefficient (Wildman–Crippen LogP) is 12.5. The average molecular weight is 655 g/mol. The van der Waals surface area contributed by atoms with E-state index in [1.165, 1.54) is 88.2 Å². The van der Waals surface area contributed by atoms with Crippen LogP contribution in [-0.4, -0.2) is 11.0 Å². The summed E-state index contributed by atoms with van der Waals surface area (Å²) in [5.41, 5.74) is 7.90. The molecule has 1 N–H and O–H groups in total. The molecule has 4 aromatic carbocycles. The highest BCUT2D eigenvalue weighted by atomic mass is 16.6. The molecular weight excluding hydrogens is 601 g/mol. The van der Waals surface area contributed by atoms with Gasteiger partial charge in [-0.1, -0.05) is 139 Å². The number of aromatic amines is 1. The van der Waals surface area contributed by atoms with Crippen molar-refractivity contribution in [2.24, 2.45) is 0 Å². The molecule has 1 aliphatic rings. The van der Waals surface area contributed by atoms with Crippen LogP contribution in [0.5, 0.6) is 0 Å². The normalized spacial score (nSPS) is 15.4. The maximum atomic E-state index is 13.9. The Morgan fingerprint density at radius 1 is 0.612 bits per heavy atom. The first-order chi connectivity index (χ1) is 24.1. The number of H-pyrrole nitrogens is 1. The van der Waals surface area contributed by atoms with Gasteiger partial charge in [0.1, 0.15) is 0 Å². The molecule has 0 fully saturated rings. The smallest absolute Gasteiger partial charge is 0.341 e. The summed E-state index contributed by atoms with van der Waals surface area (Å²) in [5.74, 6) is -0.301. The van der Waals surface area contributed by atoms with E-state index in [2.05, 4.69) is 103 Å². The largest absolute Gasteiger partial charge is 0.426 e. The van der Waals surface area contributed by atoms with Crippen molar-refractivity contribution in [1.82, 2.24) is 4.98 Å². The fourth-order valence-corrected chi connectivity index (χ4v) is 7.73. The number of nitrogens with zero attached hydrogens (tertiary/aromatic N) is 1. The van der Waals surface area contributed by atoms with Crippen LogP contribution < -0.4 is 4.90 Å². The van der Waals surface area contributed by atoms with Crippen molar-refractivity contribution in [3.05, 3.63) is 131 Å². The number of hydrogen-bond acceptors (Lipinski definition) is 3. The van der Waals surface area contributed by atoms with Crippen molar-refractivity contribution in [3.8, 4) is 0 Å². The third kappa shape index (κ3) is 7.49. The maximum absolute atomic E-state index is 13.9. The summed E-state index contributed by atoms with van der Waals surface area (Å²) in [7, 11) is 0. The number of anilines is 2. The van der Waals surface area contributed by atoms with Gasteiger partial charge in [0.15, 0.2) is 0 Å². The van der Waals surface area contributed by atoms with E-state index in [9.17, 15) is 4.79 Å². The first kappa shape index (κ1) is 34.5. The topological polar surface area (TPSA) is 45.3 Å². The Kier molecular flexibility index (Phi) is 11.6. The summed E-state index contributed by atoms with van der Waals surface area (Å²) in [4.78, 5) is 19.7. The second kappa shape index (κ2) is 16.4. The highest BCUT2D eigenvalue weighted by Gasteiger charge is 2.54. The Morgan fingerprint density at radius 2 is 1.12 bits per heavy atom. The molecule has 2 heterocycles. The van der Waals surface area contributed by atoms with E-state index in [0.717, 1.165) is 51.9 Å². The van der Waals surface area contributed by atoms with Crippen molar-refractivity contribution in [2.45, 2.75) is 116 Å². The molecule has 4 nitrogen and oxygen atoms in total. The number of hydrogen-bond donors (Lipinski definition) is 1. The quantitative estimate of drug-likeness (QED) is 0.0755. The molecule has 0 saturated heterocycles. The number of unbranched alkanes of at least 4 members (excludes halogenated alkanes) is 10. The van der Waals surface area contributed by atoms with E-state index in [0.29, 0.717) is 5.56 Å². The lowest BCUT2D eigenvalue weighted by atomic mass is 9.88. The number of fused-ring (bicyclic) bond motifs is 2. The highest BCUT2D eigenvalue weighted by molar-refractivity contribution is 5.99. The molecule has 1 aromatic heterocycles. The number of esters is 1. The summed E-state index contributed by atoms with van der Waals surface area (Å²) in [6.07, 6.45) is 17.6. The van der Waals surface area contributed by atoms with Gasteiger partial charge < -0.3 is 9.72 Å². The number of cyclic esters (lactones) is 1. The Bertz CT molecular complexity index is 1740. The van der Waals surface area contributed by atoms with E-state index in [1.54, 1.807) is 0 Å². The number of para-hydroxylation sites is 1. The number of aryl methyl sites for hydroxylation is 3. The molecule has 0 saturated carbocycles. The molecule has 0 aliphatic carbocycles. The molecule has 1 aliphatic heterocycles. The van der Waals surface area contributed by atoms with Gasteiger partial charge in [-0.2, -0.15) is 0 Å². The standard InChI is InChI=1S/C45H54N2O2/c1-4-6-8-10-12-14-20-35-26-30-37(31-27-35)47(38-32-28-36(29-33-38)21-15-13-11-9-7-5-2)45(41-24-18-16-22-39(41)44(48)49-45)43-34(3)46-42-25-19-17-23-40(42)43/h16-19,22-33,46H,4-15,20-21H2,1-3H3. The van der Waals surface area contributed by atoms with E-state index in [-0.39, 0.29) is 5.97 Å². The third-order valence-electron chi connectivity index (χ3n) is 10.3. The van der Waals surface area contributed by atoms with Gasteiger partial charge in [0.05, 0.1) is 11.1 Å². The molecule has 0 bridgehead atoms. The van der Waals surface area contributed by atoms with Gasteiger partial charge in [0, 0.05) is 33.5 Å². The second-order valence-corrected chi connectivity index (χ2v) is 14.0. The van der Waals surface area contributed by atoms with Crippen LogP contribution in [0.2, 0.25) is 0 Å². The third-order valence-corrected chi connectivity index (χ3v) is 10.3. The maximum Gasteiger partial charge on any atom is 0.341 e. The second-order valence-electron chi connectivity index (χ2n) is 14.0. The number of carbonyl (C=O) groups excluding carboxylic acids is 1. The Labute approximate surface area is 293 Å². The van der Waals surface area contributed by atoms with Gasteiger partial charge >= 0.3 is 5.97 Å². The molecule has 4 heteroatoms. The van der Waals surface area contributed by atoms with Gasteiger partial charge in [-0.05, 0) is 80.1 Å². The van der Waals surface area contributed by atoms with E-state index in [4.69, 9.17) is 4.74 Å². The molecule has 1 unspecified atom stereocenters. The Hall–Kier alpha value is -4.31. The minimum absolute atomic E-state index is 0.301. The van der Waals surface area contributed by atoms with Crippen molar-refractivity contribution in [1.29, 1.82) is 0 Å². The van der Waals surface area contributed by atoms with Gasteiger partial charge in [-0.15, -0.1) is 0 Å². The molecule has 0 radical (unpaired) electrons. The summed E-state index contributed by atoms with van der Waals surface area (Å²) < 4.78 is 6.77. The van der Waals surface area contributed by atoms with Gasteiger partial charge in [-0.25, -0.2) is 4.79 Å². The zero-order valence-corrected chi connectivity index (χ0v) is 29.9. The van der Waals surface area contributed by atoms with Crippen molar-refractivity contribution >= 4 is 28.2 Å². The summed E-state index contributed by atoms with van der Waals surface area (Å²) in [6.45, 7) is 6.63. The van der Waals surface area contributed by atoms with Crippen LogP contribution in [0.1, 0.15) is 129 Å². The molecule has 256 valence electrons. The van der Waals surface area contributed by atoms with E-state index >= 15 is 0 Å². The average Bonchev–Trinajstić information content (AvgIpc) is 3.62. The van der Waals surface area contributed by atoms with Crippen LogP contribution >= 0.6 is 0 Å². The van der Waals surface area contributed by atoms with Crippen LogP contribution in [0.15, 0.2) is 97.1 Å². The lowest BCUT2D eigenvalue weighted by molar-refractivity contribution is 0.0137. The molecule has 6 rings (SSSR count). The summed E-state index contributed by atoms with van der Waals surface area (Å²) in [6, 6.07) is 34.2. The van der Waals surface area contributed by atoms with Crippen LogP contribution in [0.25, 0.3) is 10.9 Å².